The van der Waals surface area contributed by atoms with Gasteiger partial charge in [0.15, 0.2) is 0 Å². The number of carbonyl (C=O) groups excluding carboxylic acids is 1. The molecule has 1 amide bonds. The summed E-state index contributed by atoms with van der Waals surface area (Å²) in [6.45, 7) is 8.67. The van der Waals surface area contributed by atoms with Gasteiger partial charge in [-0.25, -0.2) is 0 Å². The lowest BCUT2D eigenvalue weighted by atomic mass is 10.1. The van der Waals surface area contributed by atoms with Crippen molar-refractivity contribution < 1.29 is 4.79 Å². The van der Waals surface area contributed by atoms with E-state index in [1.807, 2.05) is 12.1 Å². The van der Waals surface area contributed by atoms with E-state index in [2.05, 4.69) is 39.2 Å². The molecule has 2 fully saturated rings. The first-order chi connectivity index (χ1) is 12.2. The van der Waals surface area contributed by atoms with Crippen molar-refractivity contribution in [2.24, 2.45) is 0 Å². The van der Waals surface area contributed by atoms with Crippen LogP contribution in [0.15, 0.2) is 24.3 Å². The number of benzene rings is 1. The zero-order chi connectivity index (χ0) is 17.5. The van der Waals surface area contributed by atoms with Crippen LogP contribution in [0.2, 0.25) is 0 Å². The number of likely N-dealkylation sites (N-methyl/N-ethyl adjacent to an activating group) is 1. The molecule has 1 aromatic carbocycles. The molecule has 5 heteroatoms. The Bertz CT molecular complexity index is 531. The van der Waals surface area contributed by atoms with Crippen molar-refractivity contribution in [3.63, 3.8) is 0 Å². The van der Waals surface area contributed by atoms with Gasteiger partial charge in [0.05, 0.1) is 0 Å². The van der Waals surface area contributed by atoms with E-state index in [9.17, 15) is 4.79 Å². The van der Waals surface area contributed by atoms with Gasteiger partial charge in [0.2, 0.25) is 0 Å². The van der Waals surface area contributed by atoms with E-state index in [0.717, 1.165) is 64.3 Å². The zero-order valence-corrected chi connectivity index (χ0v) is 15.5. The topological polar surface area (TPSA) is 38.8 Å². The predicted molar refractivity (Wildman–Crippen MR) is 103 cm³/mol. The van der Waals surface area contributed by atoms with Crippen LogP contribution < -0.4 is 10.2 Å². The number of rotatable bonds is 6. The second-order valence-electron chi connectivity index (χ2n) is 7.35. The molecule has 0 aromatic heterocycles. The largest absolute Gasteiger partial charge is 0.372 e. The molecular formula is C20H32N4O. The van der Waals surface area contributed by atoms with Gasteiger partial charge in [-0.15, -0.1) is 0 Å². The summed E-state index contributed by atoms with van der Waals surface area (Å²) in [6, 6.07) is 8.09. The van der Waals surface area contributed by atoms with Gasteiger partial charge in [0.25, 0.3) is 5.91 Å². The maximum atomic E-state index is 12.3. The molecule has 2 heterocycles. The number of hydrogen-bond donors (Lipinski definition) is 1. The Hall–Kier alpha value is -1.59. The average molecular weight is 345 g/mol. The molecule has 0 spiro atoms. The van der Waals surface area contributed by atoms with Crippen LogP contribution in [0.25, 0.3) is 0 Å². The maximum Gasteiger partial charge on any atom is 0.251 e. The smallest absolute Gasteiger partial charge is 0.251 e. The first-order valence-electron chi connectivity index (χ1n) is 9.76. The number of hydrogen-bond acceptors (Lipinski definition) is 4. The molecule has 0 radical (unpaired) electrons. The Balaban J connectivity index is 1.37. The third kappa shape index (κ3) is 5.44. The highest BCUT2D eigenvalue weighted by Crippen LogP contribution is 2.20. The van der Waals surface area contributed by atoms with E-state index in [-0.39, 0.29) is 5.91 Å². The lowest BCUT2D eigenvalue weighted by Crippen LogP contribution is -2.45. The van der Waals surface area contributed by atoms with Crippen LogP contribution in [0.5, 0.6) is 0 Å². The predicted octanol–water partition coefficient (Wildman–Crippen LogP) is 2.04. The third-order valence-corrected chi connectivity index (χ3v) is 5.38. The molecule has 2 aliphatic rings. The molecule has 1 N–H and O–H groups in total. The van der Waals surface area contributed by atoms with Gasteiger partial charge in [-0.2, -0.15) is 0 Å². The third-order valence-electron chi connectivity index (χ3n) is 5.38. The zero-order valence-electron chi connectivity index (χ0n) is 15.5. The fourth-order valence-corrected chi connectivity index (χ4v) is 3.65. The Labute approximate surface area is 152 Å². The summed E-state index contributed by atoms with van der Waals surface area (Å²) in [5, 5.41) is 3.06. The molecule has 0 aliphatic carbocycles. The highest BCUT2D eigenvalue weighted by molar-refractivity contribution is 5.94. The molecule has 0 saturated carbocycles. The number of carbonyl (C=O) groups is 1. The van der Waals surface area contributed by atoms with E-state index in [1.165, 1.54) is 24.9 Å². The van der Waals surface area contributed by atoms with E-state index in [0.29, 0.717) is 0 Å². The lowest BCUT2D eigenvalue weighted by Gasteiger charge is -2.32. The first kappa shape index (κ1) is 18.2. The van der Waals surface area contributed by atoms with Crippen LogP contribution in [0, 0.1) is 0 Å². The van der Waals surface area contributed by atoms with Gasteiger partial charge < -0.3 is 20.0 Å². The van der Waals surface area contributed by atoms with Crippen molar-refractivity contribution in [1.29, 1.82) is 0 Å². The van der Waals surface area contributed by atoms with Crippen LogP contribution in [-0.2, 0) is 0 Å². The molecule has 0 unspecified atom stereocenters. The van der Waals surface area contributed by atoms with E-state index < -0.39 is 0 Å². The summed E-state index contributed by atoms with van der Waals surface area (Å²) in [5.74, 6) is 0.0450. The van der Waals surface area contributed by atoms with Crippen molar-refractivity contribution in [1.82, 2.24) is 15.1 Å². The molecule has 138 valence electrons. The Morgan fingerprint density at radius 2 is 1.64 bits per heavy atom. The molecule has 2 saturated heterocycles. The van der Waals surface area contributed by atoms with Crippen molar-refractivity contribution in [2.75, 3.05) is 64.3 Å². The lowest BCUT2D eigenvalue weighted by molar-refractivity contribution is 0.0949. The fourth-order valence-electron chi connectivity index (χ4n) is 3.65. The van der Waals surface area contributed by atoms with Gasteiger partial charge in [0, 0.05) is 57.1 Å². The highest BCUT2D eigenvalue weighted by Gasteiger charge is 2.14. The van der Waals surface area contributed by atoms with Gasteiger partial charge in [-0.3, -0.25) is 4.79 Å². The Kier molecular flexibility index (Phi) is 6.70. The van der Waals surface area contributed by atoms with Crippen molar-refractivity contribution in [3.05, 3.63) is 29.8 Å². The second-order valence-corrected chi connectivity index (χ2v) is 7.35. The number of nitrogens with zero attached hydrogens (tertiary/aromatic N) is 3. The molecule has 2 aliphatic heterocycles. The number of piperazine rings is 1. The van der Waals surface area contributed by atoms with Crippen molar-refractivity contribution >= 4 is 11.6 Å². The van der Waals surface area contributed by atoms with Crippen LogP contribution in [-0.4, -0.2) is 75.1 Å². The summed E-state index contributed by atoms with van der Waals surface area (Å²) < 4.78 is 0. The van der Waals surface area contributed by atoms with Gasteiger partial charge >= 0.3 is 0 Å². The number of nitrogens with one attached hydrogen (secondary N) is 1. The second kappa shape index (κ2) is 9.20. The molecule has 0 atom stereocenters. The number of piperidine rings is 1. The fraction of sp³-hybridized carbons (Fsp3) is 0.650. The molecule has 25 heavy (non-hydrogen) atoms. The minimum atomic E-state index is 0.0450. The first-order valence-corrected chi connectivity index (χ1v) is 9.76. The molecule has 3 rings (SSSR count). The monoisotopic (exact) mass is 344 g/mol. The van der Waals surface area contributed by atoms with Crippen molar-refractivity contribution in [2.45, 2.75) is 25.7 Å². The van der Waals surface area contributed by atoms with Crippen LogP contribution >= 0.6 is 0 Å². The standard InChI is InChI=1S/C20H32N4O/c1-22-14-16-23(17-15-22)11-5-10-21-20(25)18-6-8-19(9-7-18)24-12-3-2-4-13-24/h6-9H,2-5,10-17H2,1H3,(H,21,25). The summed E-state index contributed by atoms with van der Waals surface area (Å²) in [6.07, 6.45) is 4.90. The average Bonchev–Trinajstić information content (AvgIpc) is 2.67. The number of amides is 1. The van der Waals surface area contributed by atoms with E-state index in [1.54, 1.807) is 0 Å². The summed E-state index contributed by atoms with van der Waals surface area (Å²) in [7, 11) is 2.17. The van der Waals surface area contributed by atoms with Crippen LogP contribution in [0.1, 0.15) is 36.0 Å². The maximum absolute atomic E-state index is 12.3. The van der Waals surface area contributed by atoms with Gasteiger partial charge in [-0.05, 0) is 63.5 Å². The number of anilines is 1. The highest BCUT2D eigenvalue weighted by atomic mass is 16.1. The summed E-state index contributed by atoms with van der Waals surface area (Å²) >= 11 is 0. The van der Waals surface area contributed by atoms with Crippen LogP contribution in [0.3, 0.4) is 0 Å². The summed E-state index contributed by atoms with van der Waals surface area (Å²) in [5.41, 5.74) is 2.01. The molecule has 1 aromatic rings. The quantitative estimate of drug-likeness (QED) is 0.802. The van der Waals surface area contributed by atoms with E-state index >= 15 is 0 Å². The normalized spacial score (nSPS) is 19.8. The van der Waals surface area contributed by atoms with Gasteiger partial charge in [-0.1, -0.05) is 0 Å². The minimum Gasteiger partial charge on any atom is -0.372 e. The summed E-state index contributed by atoms with van der Waals surface area (Å²) in [4.78, 5) is 19.6. The van der Waals surface area contributed by atoms with Gasteiger partial charge in [0.1, 0.15) is 0 Å². The van der Waals surface area contributed by atoms with E-state index in [4.69, 9.17) is 0 Å². The molecular weight excluding hydrogens is 312 g/mol. The Morgan fingerprint density at radius 3 is 2.32 bits per heavy atom. The van der Waals surface area contributed by atoms with Crippen molar-refractivity contribution in [3.8, 4) is 0 Å². The molecule has 0 bridgehead atoms. The van der Waals surface area contributed by atoms with Crippen LogP contribution in [0.4, 0.5) is 5.69 Å². The minimum absolute atomic E-state index is 0.0450. The molecule has 5 nitrogen and oxygen atoms in total. The Morgan fingerprint density at radius 1 is 0.960 bits per heavy atom. The SMILES string of the molecule is CN1CCN(CCCNC(=O)c2ccc(N3CCCCC3)cc2)CC1.